The van der Waals surface area contributed by atoms with E-state index in [1.165, 1.54) is 12.1 Å². The van der Waals surface area contributed by atoms with Crippen LogP contribution in [0, 0.1) is 11.7 Å². The van der Waals surface area contributed by atoms with Crippen molar-refractivity contribution in [3.05, 3.63) is 35.5 Å². The summed E-state index contributed by atoms with van der Waals surface area (Å²) in [5, 5.41) is 2.99. The quantitative estimate of drug-likeness (QED) is 0.807. The highest BCUT2D eigenvalue weighted by molar-refractivity contribution is 7.14. The van der Waals surface area contributed by atoms with Crippen LogP contribution in [-0.4, -0.2) is 42.0 Å². The van der Waals surface area contributed by atoms with Gasteiger partial charge < -0.3 is 9.80 Å². The van der Waals surface area contributed by atoms with Crippen molar-refractivity contribution >= 4 is 22.4 Å². The lowest BCUT2D eigenvalue weighted by Crippen LogP contribution is -2.42. The molecule has 134 valence electrons. The Morgan fingerprint density at radius 3 is 2.48 bits per heavy atom. The van der Waals surface area contributed by atoms with Crippen LogP contribution < -0.4 is 4.90 Å². The van der Waals surface area contributed by atoms with Crippen LogP contribution in [0.25, 0.3) is 11.3 Å². The summed E-state index contributed by atoms with van der Waals surface area (Å²) in [6.45, 7) is 7.33. The zero-order valence-corrected chi connectivity index (χ0v) is 15.6. The number of hydrogen-bond acceptors (Lipinski definition) is 4. The molecule has 1 aliphatic rings. The maximum Gasteiger partial charge on any atom is 0.225 e. The van der Waals surface area contributed by atoms with Crippen LogP contribution in [0.4, 0.5) is 9.52 Å². The van der Waals surface area contributed by atoms with Crippen molar-refractivity contribution < 1.29 is 9.18 Å². The number of thiazole rings is 1. The first-order valence-corrected chi connectivity index (χ1v) is 9.75. The first-order valence-electron chi connectivity index (χ1n) is 8.87. The van der Waals surface area contributed by atoms with E-state index >= 15 is 0 Å². The summed E-state index contributed by atoms with van der Waals surface area (Å²) >= 11 is 1.61. The van der Waals surface area contributed by atoms with Gasteiger partial charge in [0.05, 0.1) is 5.69 Å². The van der Waals surface area contributed by atoms with E-state index in [2.05, 4.69) is 4.90 Å². The molecule has 1 fully saturated rings. The molecule has 0 bridgehead atoms. The van der Waals surface area contributed by atoms with Gasteiger partial charge in [0.1, 0.15) is 5.82 Å². The Morgan fingerprint density at radius 2 is 1.88 bits per heavy atom. The number of rotatable bonds is 5. The molecule has 0 radical (unpaired) electrons. The molecule has 3 rings (SSSR count). The number of aromatic nitrogens is 1. The maximum atomic E-state index is 13.1. The van der Waals surface area contributed by atoms with E-state index in [9.17, 15) is 9.18 Å². The third-order valence-electron chi connectivity index (χ3n) is 4.82. The summed E-state index contributed by atoms with van der Waals surface area (Å²) in [7, 11) is 0. The highest BCUT2D eigenvalue weighted by Crippen LogP contribution is 2.30. The van der Waals surface area contributed by atoms with Gasteiger partial charge in [-0.05, 0) is 51.0 Å². The van der Waals surface area contributed by atoms with E-state index in [0.29, 0.717) is 0 Å². The van der Waals surface area contributed by atoms with Gasteiger partial charge in [-0.15, -0.1) is 11.3 Å². The zero-order valence-electron chi connectivity index (χ0n) is 14.7. The molecule has 2 heterocycles. The normalized spacial score (nSPS) is 15.4. The minimum absolute atomic E-state index is 0.132. The average molecular weight is 361 g/mol. The van der Waals surface area contributed by atoms with Gasteiger partial charge in [-0.2, -0.15) is 0 Å². The number of carbonyl (C=O) groups is 1. The molecule has 2 aromatic rings. The largest absolute Gasteiger partial charge is 0.348 e. The minimum atomic E-state index is -0.237. The molecule has 0 aliphatic carbocycles. The van der Waals surface area contributed by atoms with Crippen LogP contribution in [0.5, 0.6) is 0 Å². The molecular formula is C19H24FN3OS. The van der Waals surface area contributed by atoms with Crippen molar-refractivity contribution in [1.29, 1.82) is 0 Å². The Balaban J connectivity index is 1.62. The highest BCUT2D eigenvalue weighted by Gasteiger charge is 2.28. The minimum Gasteiger partial charge on any atom is -0.348 e. The van der Waals surface area contributed by atoms with Gasteiger partial charge in [-0.3, -0.25) is 4.79 Å². The molecule has 6 heteroatoms. The van der Waals surface area contributed by atoms with Gasteiger partial charge in [-0.25, -0.2) is 9.37 Å². The first-order chi connectivity index (χ1) is 12.1. The molecule has 1 aromatic heterocycles. The molecule has 1 aliphatic heterocycles. The molecular weight excluding hydrogens is 337 g/mol. The van der Waals surface area contributed by atoms with E-state index in [-0.39, 0.29) is 17.6 Å². The van der Waals surface area contributed by atoms with E-state index in [4.69, 9.17) is 4.98 Å². The number of benzene rings is 1. The summed E-state index contributed by atoms with van der Waals surface area (Å²) in [4.78, 5) is 21.4. The monoisotopic (exact) mass is 361 g/mol. The van der Waals surface area contributed by atoms with Gasteiger partial charge >= 0.3 is 0 Å². The smallest absolute Gasteiger partial charge is 0.225 e. The molecule has 0 spiro atoms. The third kappa shape index (κ3) is 4.00. The van der Waals surface area contributed by atoms with E-state index in [1.54, 1.807) is 23.5 Å². The number of nitrogens with zero attached hydrogens (tertiary/aromatic N) is 3. The first kappa shape index (κ1) is 17.9. The van der Waals surface area contributed by atoms with Crippen LogP contribution in [0.3, 0.4) is 0 Å². The fraction of sp³-hybridized carbons (Fsp3) is 0.474. The molecule has 25 heavy (non-hydrogen) atoms. The SMILES string of the molecule is CCN(CC)C(=O)C1CCN(c2nc(-c3ccc(F)cc3)cs2)CC1. The Morgan fingerprint density at radius 1 is 1.24 bits per heavy atom. The summed E-state index contributed by atoms with van der Waals surface area (Å²) in [6.07, 6.45) is 1.75. The van der Waals surface area contributed by atoms with E-state index < -0.39 is 0 Å². The average Bonchev–Trinajstić information content (AvgIpc) is 3.13. The summed E-state index contributed by atoms with van der Waals surface area (Å²) in [5.74, 6) is 0.183. The van der Waals surface area contributed by atoms with Gasteiger partial charge in [0.15, 0.2) is 5.13 Å². The van der Waals surface area contributed by atoms with Crippen LogP contribution in [0.1, 0.15) is 26.7 Å². The number of halogens is 1. The van der Waals surface area contributed by atoms with Crippen LogP contribution in [0.15, 0.2) is 29.6 Å². The van der Waals surface area contributed by atoms with Crippen molar-refractivity contribution in [2.75, 3.05) is 31.1 Å². The van der Waals surface area contributed by atoms with Crippen LogP contribution in [-0.2, 0) is 4.79 Å². The van der Waals surface area contributed by atoms with Crippen LogP contribution >= 0.6 is 11.3 Å². The molecule has 0 saturated carbocycles. The Labute approximate surface area is 152 Å². The second-order valence-electron chi connectivity index (χ2n) is 6.29. The fourth-order valence-electron chi connectivity index (χ4n) is 3.27. The molecule has 4 nitrogen and oxygen atoms in total. The van der Waals surface area contributed by atoms with Crippen LogP contribution in [0.2, 0.25) is 0 Å². The highest BCUT2D eigenvalue weighted by atomic mass is 32.1. The number of anilines is 1. The van der Waals surface area contributed by atoms with E-state index in [0.717, 1.165) is 55.4 Å². The number of hydrogen-bond donors (Lipinski definition) is 0. The Bertz CT molecular complexity index is 704. The number of carbonyl (C=O) groups excluding carboxylic acids is 1. The van der Waals surface area contributed by atoms with Crippen molar-refractivity contribution in [2.24, 2.45) is 5.92 Å². The standard InChI is InChI=1S/C19H24FN3OS/c1-3-22(4-2)18(24)15-9-11-23(12-10-15)19-21-17(13-25-19)14-5-7-16(20)8-6-14/h5-8,13,15H,3-4,9-12H2,1-2H3. The third-order valence-corrected chi connectivity index (χ3v) is 5.72. The topological polar surface area (TPSA) is 36.4 Å². The lowest BCUT2D eigenvalue weighted by Gasteiger charge is -2.33. The Kier molecular flexibility index (Phi) is 5.68. The molecule has 0 N–H and O–H groups in total. The molecule has 1 amide bonds. The van der Waals surface area contributed by atoms with Crippen molar-refractivity contribution in [1.82, 2.24) is 9.88 Å². The summed E-state index contributed by atoms with van der Waals surface area (Å²) in [5.41, 5.74) is 1.80. The molecule has 1 saturated heterocycles. The zero-order chi connectivity index (χ0) is 17.8. The summed E-state index contributed by atoms with van der Waals surface area (Å²) in [6, 6.07) is 6.42. The second-order valence-corrected chi connectivity index (χ2v) is 7.13. The fourth-order valence-corrected chi connectivity index (χ4v) is 4.16. The maximum absolute atomic E-state index is 13.1. The van der Waals surface area contributed by atoms with Crippen molar-refractivity contribution in [3.8, 4) is 11.3 Å². The molecule has 0 atom stereocenters. The van der Waals surface area contributed by atoms with Gasteiger partial charge in [0.2, 0.25) is 5.91 Å². The lowest BCUT2D eigenvalue weighted by molar-refractivity contribution is -0.135. The van der Waals surface area contributed by atoms with Crippen molar-refractivity contribution in [3.63, 3.8) is 0 Å². The predicted molar refractivity (Wildman–Crippen MR) is 100 cm³/mol. The van der Waals surface area contributed by atoms with Gasteiger partial charge in [-0.1, -0.05) is 0 Å². The number of piperidine rings is 1. The number of amides is 1. The Hall–Kier alpha value is -1.95. The van der Waals surface area contributed by atoms with Crippen molar-refractivity contribution in [2.45, 2.75) is 26.7 Å². The van der Waals surface area contributed by atoms with Gasteiger partial charge in [0, 0.05) is 43.0 Å². The second kappa shape index (κ2) is 7.95. The summed E-state index contributed by atoms with van der Waals surface area (Å²) < 4.78 is 13.1. The molecule has 0 unspecified atom stereocenters. The lowest BCUT2D eigenvalue weighted by atomic mass is 9.95. The van der Waals surface area contributed by atoms with E-state index in [1.807, 2.05) is 24.1 Å². The predicted octanol–water partition coefficient (Wildman–Crippen LogP) is 4.03. The molecule has 1 aromatic carbocycles. The van der Waals surface area contributed by atoms with Gasteiger partial charge in [0.25, 0.3) is 0 Å².